The average Bonchev–Trinajstić information content (AvgIpc) is 2.03. The highest BCUT2D eigenvalue weighted by atomic mass is 16.5. The van der Waals surface area contributed by atoms with Crippen molar-refractivity contribution in [2.24, 2.45) is 0 Å². The molecule has 0 saturated heterocycles. The second kappa shape index (κ2) is 5.31. The van der Waals surface area contributed by atoms with Gasteiger partial charge in [0, 0.05) is 12.3 Å². The van der Waals surface area contributed by atoms with Crippen LogP contribution in [0.2, 0.25) is 0 Å². The molecule has 0 aliphatic heterocycles. The minimum atomic E-state index is -0.670. The van der Waals surface area contributed by atoms with E-state index >= 15 is 0 Å². The Hall–Kier alpha value is -1.49. The standard InChI is InChI=1S/C9H10O2/c1-4-7-8(5-2)11-9(10)6-3/h3-5,8H,1-2,7H2. The molecule has 0 heterocycles. The highest BCUT2D eigenvalue weighted by Gasteiger charge is 2.05. The fourth-order valence-corrected chi connectivity index (χ4v) is 0.528. The van der Waals surface area contributed by atoms with Crippen molar-refractivity contribution in [2.75, 3.05) is 0 Å². The number of terminal acetylenes is 1. The zero-order chi connectivity index (χ0) is 8.69. The molecule has 0 spiro atoms. The second-order valence-corrected chi connectivity index (χ2v) is 1.85. The Morgan fingerprint density at radius 1 is 1.73 bits per heavy atom. The van der Waals surface area contributed by atoms with Crippen LogP contribution in [0.15, 0.2) is 25.3 Å². The topological polar surface area (TPSA) is 26.3 Å². The van der Waals surface area contributed by atoms with Gasteiger partial charge in [0.15, 0.2) is 0 Å². The van der Waals surface area contributed by atoms with Gasteiger partial charge in [0.2, 0.25) is 0 Å². The Morgan fingerprint density at radius 3 is 2.73 bits per heavy atom. The predicted octanol–water partition coefficient (Wildman–Crippen LogP) is 1.29. The summed E-state index contributed by atoms with van der Waals surface area (Å²) in [4.78, 5) is 10.5. The van der Waals surface area contributed by atoms with Gasteiger partial charge in [-0.25, -0.2) is 4.79 Å². The van der Waals surface area contributed by atoms with Gasteiger partial charge in [-0.15, -0.1) is 13.0 Å². The van der Waals surface area contributed by atoms with E-state index in [0.29, 0.717) is 6.42 Å². The maximum absolute atomic E-state index is 10.5. The Labute approximate surface area is 66.6 Å². The molecule has 2 heteroatoms. The first-order valence-corrected chi connectivity index (χ1v) is 3.15. The summed E-state index contributed by atoms with van der Waals surface area (Å²) in [5, 5.41) is 0. The summed E-state index contributed by atoms with van der Waals surface area (Å²) in [6.07, 6.45) is 8.12. The fourth-order valence-electron chi connectivity index (χ4n) is 0.528. The van der Waals surface area contributed by atoms with Gasteiger partial charge in [-0.1, -0.05) is 18.7 Å². The lowest BCUT2D eigenvalue weighted by atomic mass is 10.2. The molecule has 0 amide bonds. The monoisotopic (exact) mass is 150 g/mol. The van der Waals surface area contributed by atoms with E-state index in [-0.39, 0.29) is 6.10 Å². The van der Waals surface area contributed by atoms with E-state index < -0.39 is 5.97 Å². The number of carbonyl (C=O) groups is 1. The Kier molecular flexibility index (Phi) is 4.59. The van der Waals surface area contributed by atoms with Crippen LogP contribution < -0.4 is 0 Å². The van der Waals surface area contributed by atoms with Crippen molar-refractivity contribution < 1.29 is 9.53 Å². The molecule has 0 N–H and O–H groups in total. The fraction of sp³-hybridized carbons (Fsp3) is 0.222. The summed E-state index contributed by atoms with van der Waals surface area (Å²) < 4.78 is 4.72. The van der Waals surface area contributed by atoms with Crippen molar-refractivity contribution in [3.63, 3.8) is 0 Å². The molecule has 1 atom stereocenters. The smallest absolute Gasteiger partial charge is 0.384 e. The van der Waals surface area contributed by atoms with Crippen LogP contribution in [0.25, 0.3) is 0 Å². The normalized spacial score (nSPS) is 10.8. The highest BCUT2D eigenvalue weighted by molar-refractivity contribution is 5.87. The highest BCUT2D eigenvalue weighted by Crippen LogP contribution is 1.99. The quantitative estimate of drug-likeness (QED) is 0.261. The minimum Gasteiger partial charge on any atom is -0.448 e. The van der Waals surface area contributed by atoms with Crippen molar-refractivity contribution in [3.8, 4) is 12.3 Å². The summed E-state index contributed by atoms with van der Waals surface area (Å²) in [7, 11) is 0. The van der Waals surface area contributed by atoms with E-state index in [1.54, 1.807) is 6.08 Å². The van der Waals surface area contributed by atoms with Crippen LogP contribution in [0.1, 0.15) is 6.42 Å². The van der Waals surface area contributed by atoms with Crippen molar-refractivity contribution in [3.05, 3.63) is 25.3 Å². The molecule has 11 heavy (non-hydrogen) atoms. The third kappa shape index (κ3) is 3.99. The number of ether oxygens (including phenoxy) is 1. The third-order valence-electron chi connectivity index (χ3n) is 1.04. The number of rotatable bonds is 4. The number of esters is 1. The van der Waals surface area contributed by atoms with Gasteiger partial charge in [0.25, 0.3) is 0 Å². The molecule has 0 aromatic heterocycles. The van der Waals surface area contributed by atoms with Crippen LogP contribution in [-0.2, 0) is 9.53 Å². The van der Waals surface area contributed by atoms with Gasteiger partial charge in [-0.05, 0) is 0 Å². The Bertz CT molecular complexity index is 198. The predicted molar refractivity (Wildman–Crippen MR) is 43.7 cm³/mol. The zero-order valence-corrected chi connectivity index (χ0v) is 6.25. The van der Waals surface area contributed by atoms with Crippen molar-refractivity contribution in [2.45, 2.75) is 12.5 Å². The van der Waals surface area contributed by atoms with Gasteiger partial charge in [-0.3, -0.25) is 0 Å². The molecule has 0 rings (SSSR count). The SMILES string of the molecule is C#CC(=O)OC(C=C)CC=C. The van der Waals surface area contributed by atoms with Crippen LogP contribution in [0.5, 0.6) is 0 Å². The summed E-state index contributed by atoms with van der Waals surface area (Å²) >= 11 is 0. The largest absolute Gasteiger partial charge is 0.448 e. The first-order chi connectivity index (χ1) is 5.24. The van der Waals surface area contributed by atoms with Crippen molar-refractivity contribution >= 4 is 5.97 Å². The molecule has 58 valence electrons. The number of carbonyl (C=O) groups excluding carboxylic acids is 1. The minimum absolute atomic E-state index is 0.351. The van der Waals surface area contributed by atoms with Crippen LogP contribution >= 0.6 is 0 Å². The Balaban J connectivity index is 3.88. The van der Waals surface area contributed by atoms with Crippen LogP contribution in [0.4, 0.5) is 0 Å². The second-order valence-electron chi connectivity index (χ2n) is 1.85. The molecular formula is C9H10O2. The van der Waals surface area contributed by atoms with E-state index in [9.17, 15) is 4.79 Å². The molecule has 0 radical (unpaired) electrons. The van der Waals surface area contributed by atoms with Gasteiger partial charge in [-0.2, -0.15) is 0 Å². The van der Waals surface area contributed by atoms with Gasteiger partial charge in [0.05, 0.1) is 0 Å². The van der Waals surface area contributed by atoms with Crippen LogP contribution in [-0.4, -0.2) is 12.1 Å². The van der Waals surface area contributed by atoms with E-state index in [2.05, 4.69) is 13.2 Å². The summed E-state index contributed by atoms with van der Waals surface area (Å²) in [5.74, 6) is 1.18. The molecular weight excluding hydrogens is 140 g/mol. The molecule has 0 aliphatic carbocycles. The van der Waals surface area contributed by atoms with Crippen molar-refractivity contribution in [1.29, 1.82) is 0 Å². The molecule has 0 saturated carbocycles. The lowest BCUT2D eigenvalue weighted by molar-refractivity contribution is -0.139. The molecule has 0 aliphatic rings. The first-order valence-electron chi connectivity index (χ1n) is 3.15. The first kappa shape index (κ1) is 9.51. The average molecular weight is 150 g/mol. The van der Waals surface area contributed by atoms with E-state index in [4.69, 9.17) is 11.2 Å². The maximum atomic E-state index is 10.5. The van der Waals surface area contributed by atoms with E-state index in [1.807, 2.05) is 5.92 Å². The summed E-state index contributed by atoms with van der Waals surface area (Å²) in [6.45, 7) is 6.96. The van der Waals surface area contributed by atoms with Gasteiger partial charge in [0.1, 0.15) is 6.10 Å². The maximum Gasteiger partial charge on any atom is 0.384 e. The third-order valence-corrected chi connectivity index (χ3v) is 1.04. The molecule has 2 nitrogen and oxygen atoms in total. The molecule has 0 fully saturated rings. The molecule has 1 unspecified atom stereocenters. The molecule has 0 bridgehead atoms. The number of hydrogen-bond acceptors (Lipinski definition) is 2. The number of hydrogen-bond donors (Lipinski definition) is 0. The molecule has 0 aromatic carbocycles. The van der Waals surface area contributed by atoms with Crippen molar-refractivity contribution in [1.82, 2.24) is 0 Å². The lowest BCUT2D eigenvalue weighted by Gasteiger charge is -2.08. The molecule has 0 aromatic rings. The van der Waals surface area contributed by atoms with Gasteiger partial charge < -0.3 is 4.74 Å². The van der Waals surface area contributed by atoms with Crippen LogP contribution in [0, 0.1) is 12.3 Å². The van der Waals surface area contributed by atoms with E-state index in [0.717, 1.165) is 0 Å². The Morgan fingerprint density at radius 2 is 2.36 bits per heavy atom. The van der Waals surface area contributed by atoms with E-state index in [1.165, 1.54) is 6.08 Å². The zero-order valence-electron chi connectivity index (χ0n) is 6.25. The van der Waals surface area contributed by atoms with Crippen LogP contribution in [0.3, 0.4) is 0 Å². The van der Waals surface area contributed by atoms with Gasteiger partial charge >= 0.3 is 5.97 Å². The summed E-state index contributed by atoms with van der Waals surface area (Å²) in [6, 6.07) is 0. The summed E-state index contributed by atoms with van der Waals surface area (Å²) in [5.41, 5.74) is 0. The lowest BCUT2D eigenvalue weighted by Crippen LogP contribution is -2.13.